The summed E-state index contributed by atoms with van der Waals surface area (Å²) < 4.78 is 12.4. The predicted octanol–water partition coefficient (Wildman–Crippen LogP) is 1.99. The summed E-state index contributed by atoms with van der Waals surface area (Å²) in [6.45, 7) is 1.24. The molecule has 1 aliphatic rings. The molecule has 0 spiro atoms. The van der Waals surface area contributed by atoms with Crippen LogP contribution in [0.4, 0.5) is 0 Å². The highest BCUT2D eigenvalue weighted by Crippen LogP contribution is 2.23. The maximum atomic E-state index is 12.9. The fourth-order valence-electron chi connectivity index (χ4n) is 3.56. The van der Waals surface area contributed by atoms with Crippen LogP contribution in [-0.4, -0.2) is 52.4 Å². The third-order valence-electron chi connectivity index (χ3n) is 5.21. The average molecular weight is 420 g/mol. The number of morpholine rings is 1. The monoisotopic (exact) mass is 420 g/mol. The first kappa shape index (κ1) is 20.7. The first-order valence-corrected chi connectivity index (χ1v) is 10.1. The molecule has 160 valence electrons. The van der Waals surface area contributed by atoms with Crippen LogP contribution in [0.3, 0.4) is 0 Å². The lowest BCUT2D eigenvalue weighted by atomic mass is 10.1. The molecular formula is C23H24N4O4. The SMILES string of the molecule is COc1cccc(Cc2cccc([C@@H]3CN(C(=O)c4ccc(=O)n(C)n4)CCO3)n2)c1. The van der Waals surface area contributed by atoms with E-state index in [-0.39, 0.29) is 23.3 Å². The Labute approximate surface area is 180 Å². The molecular weight excluding hydrogens is 396 g/mol. The highest BCUT2D eigenvalue weighted by Gasteiger charge is 2.28. The van der Waals surface area contributed by atoms with Crippen LogP contribution < -0.4 is 10.3 Å². The summed E-state index contributed by atoms with van der Waals surface area (Å²) in [5.74, 6) is 0.585. The Morgan fingerprint density at radius 2 is 2.03 bits per heavy atom. The van der Waals surface area contributed by atoms with Crippen molar-refractivity contribution in [3.05, 3.63) is 87.6 Å². The van der Waals surface area contributed by atoms with Crippen molar-refractivity contribution in [3.63, 3.8) is 0 Å². The smallest absolute Gasteiger partial charge is 0.274 e. The number of hydrogen-bond acceptors (Lipinski definition) is 6. The third kappa shape index (κ3) is 4.80. The summed E-state index contributed by atoms with van der Waals surface area (Å²) in [5, 5.41) is 4.07. The zero-order chi connectivity index (χ0) is 21.8. The van der Waals surface area contributed by atoms with Crippen molar-refractivity contribution < 1.29 is 14.3 Å². The Morgan fingerprint density at radius 1 is 1.19 bits per heavy atom. The minimum atomic E-state index is -0.324. The number of benzene rings is 1. The molecule has 1 saturated heterocycles. The number of amides is 1. The Balaban J connectivity index is 1.49. The van der Waals surface area contributed by atoms with E-state index >= 15 is 0 Å². The summed E-state index contributed by atoms with van der Waals surface area (Å²) in [6.07, 6.45) is 0.345. The molecule has 0 unspecified atom stereocenters. The number of nitrogens with zero attached hydrogens (tertiary/aromatic N) is 4. The van der Waals surface area contributed by atoms with Gasteiger partial charge in [-0.3, -0.25) is 14.6 Å². The van der Waals surface area contributed by atoms with Crippen LogP contribution in [-0.2, 0) is 18.2 Å². The van der Waals surface area contributed by atoms with Crippen molar-refractivity contribution >= 4 is 5.91 Å². The van der Waals surface area contributed by atoms with E-state index in [1.807, 2.05) is 42.5 Å². The number of carbonyl (C=O) groups excluding carboxylic acids is 1. The normalized spacial score (nSPS) is 16.2. The van der Waals surface area contributed by atoms with Gasteiger partial charge in [0.1, 0.15) is 17.5 Å². The van der Waals surface area contributed by atoms with Gasteiger partial charge in [-0.2, -0.15) is 5.10 Å². The summed E-state index contributed by atoms with van der Waals surface area (Å²) in [4.78, 5) is 30.9. The maximum absolute atomic E-state index is 12.9. The largest absolute Gasteiger partial charge is 0.497 e. The van der Waals surface area contributed by atoms with Gasteiger partial charge in [-0.05, 0) is 35.9 Å². The Kier molecular flexibility index (Phi) is 6.08. The van der Waals surface area contributed by atoms with Crippen LogP contribution in [0.2, 0.25) is 0 Å². The van der Waals surface area contributed by atoms with Gasteiger partial charge < -0.3 is 14.4 Å². The summed E-state index contributed by atoms with van der Waals surface area (Å²) in [7, 11) is 3.18. The number of carbonyl (C=O) groups is 1. The third-order valence-corrected chi connectivity index (χ3v) is 5.21. The summed E-state index contributed by atoms with van der Waals surface area (Å²) in [6, 6.07) is 16.6. The van der Waals surface area contributed by atoms with Gasteiger partial charge in [-0.1, -0.05) is 18.2 Å². The average Bonchev–Trinajstić information content (AvgIpc) is 2.81. The second-order valence-electron chi connectivity index (χ2n) is 7.37. The molecule has 31 heavy (non-hydrogen) atoms. The Bertz CT molecular complexity index is 1140. The van der Waals surface area contributed by atoms with E-state index in [1.54, 1.807) is 12.0 Å². The molecule has 0 N–H and O–H groups in total. The Hall–Kier alpha value is -3.52. The van der Waals surface area contributed by atoms with Gasteiger partial charge in [0.2, 0.25) is 0 Å². The number of aromatic nitrogens is 3. The zero-order valence-electron chi connectivity index (χ0n) is 17.5. The molecule has 1 atom stereocenters. The van der Waals surface area contributed by atoms with Crippen molar-refractivity contribution in [2.75, 3.05) is 26.8 Å². The number of ether oxygens (including phenoxy) is 2. The number of aryl methyl sites for hydroxylation is 1. The van der Waals surface area contributed by atoms with Crippen LogP contribution in [0.25, 0.3) is 0 Å². The van der Waals surface area contributed by atoms with Gasteiger partial charge in [-0.25, -0.2) is 4.68 Å². The van der Waals surface area contributed by atoms with Gasteiger partial charge in [0.15, 0.2) is 0 Å². The van der Waals surface area contributed by atoms with E-state index in [1.165, 1.54) is 19.2 Å². The van der Waals surface area contributed by atoms with Gasteiger partial charge in [0.05, 0.1) is 26.0 Å². The molecule has 4 rings (SSSR count). The molecule has 1 amide bonds. The molecule has 0 bridgehead atoms. The van der Waals surface area contributed by atoms with Gasteiger partial charge >= 0.3 is 0 Å². The molecule has 0 aliphatic carbocycles. The minimum absolute atomic E-state index is 0.226. The minimum Gasteiger partial charge on any atom is -0.497 e. The molecule has 0 saturated carbocycles. The molecule has 8 heteroatoms. The maximum Gasteiger partial charge on any atom is 0.274 e. The lowest BCUT2D eigenvalue weighted by molar-refractivity contribution is -0.0250. The van der Waals surface area contributed by atoms with E-state index in [0.29, 0.717) is 26.1 Å². The van der Waals surface area contributed by atoms with Crippen LogP contribution in [0, 0.1) is 0 Å². The molecule has 8 nitrogen and oxygen atoms in total. The molecule has 1 fully saturated rings. The van der Waals surface area contributed by atoms with Crippen molar-refractivity contribution in [2.45, 2.75) is 12.5 Å². The van der Waals surface area contributed by atoms with Crippen molar-refractivity contribution in [2.24, 2.45) is 7.05 Å². The summed E-state index contributed by atoms with van der Waals surface area (Å²) >= 11 is 0. The number of hydrogen-bond donors (Lipinski definition) is 0. The van der Waals surface area contributed by atoms with Crippen LogP contribution in [0.15, 0.2) is 59.4 Å². The lowest BCUT2D eigenvalue weighted by Crippen LogP contribution is -2.43. The van der Waals surface area contributed by atoms with Gasteiger partial charge in [0, 0.05) is 31.8 Å². The fourth-order valence-corrected chi connectivity index (χ4v) is 3.56. The van der Waals surface area contributed by atoms with E-state index < -0.39 is 0 Å². The Morgan fingerprint density at radius 3 is 2.84 bits per heavy atom. The lowest BCUT2D eigenvalue weighted by Gasteiger charge is -2.32. The van der Waals surface area contributed by atoms with Crippen LogP contribution in [0.5, 0.6) is 5.75 Å². The predicted molar refractivity (Wildman–Crippen MR) is 114 cm³/mol. The highest BCUT2D eigenvalue weighted by atomic mass is 16.5. The van der Waals surface area contributed by atoms with Crippen molar-refractivity contribution in [1.29, 1.82) is 0 Å². The van der Waals surface area contributed by atoms with E-state index in [9.17, 15) is 9.59 Å². The number of pyridine rings is 1. The van der Waals surface area contributed by atoms with Gasteiger partial charge in [0.25, 0.3) is 11.5 Å². The molecule has 3 heterocycles. The summed E-state index contributed by atoms with van der Waals surface area (Å²) in [5.41, 5.74) is 2.78. The highest BCUT2D eigenvalue weighted by molar-refractivity contribution is 5.92. The quantitative estimate of drug-likeness (QED) is 0.628. The first-order valence-electron chi connectivity index (χ1n) is 10.1. The van der Waals surface area contributed by atoms with Crippen molar-refractivity contribution in [3.8, 4) is 5.75 Å². The fraction of sp³-hybridized carbons (Fsp3) is 0.304. The van der Waals surface area contributed by atoms with E-state index in [4.69, 9.17) is 14.5 Å². The second-order valence-corrected chi connectivity index (χ2v) is 7.37. The van der Waals surface area contributed by atoms with E-state index in [0.717, 1.165) is 27.4 Å². The number of rotatable bonds is 5. The molecule has 2 aromatic heterocycles. The molecule has 0 radical (unpaired) electrons. The van der Waals surface area contributed by atoms with Crippen LogP contribution in [0.1, 0.15) is 33.5 Å². The molecule has 1 aliphatic heterocycles. The second kappa shape index (κ2) is 9.09. The number of methoxy groups -OCH3 is 1. The molecule has 1 aromatic carbocycles. The molecule has 3 aromatic rings. The topological polar surface area (TPSA) is 86.6 Å². The standard InChI is InChI=1S/C23H24N4O4/c1-26-22(28)10-9-20(25-26)23(29)27-11-12-31-21(15-27)19-8-4-6-17(24-19)13-16-5-3-7-18(14-16)30-2/h3-10,14,21H,11-13,15H2,1-2H3/t21-/m0/s1. The first-order chi connectivity index (χ1) is 15.0. The van der Waals surface area contributed by atoms with Crippen LogP contribution >= 0.6 is 0 Å². The van der Waals surface area contributed by atoms with Gasteiger partial charge in [-0.15, -0.1) is 0 Å². The zero-order valence-corrected chi connectivity index (χ0v) is 17.5. The van der Waals surface area contributed by atoms with E-state index in [2.05, 4.69) is 5.10 Å². The van der Waals surface area contributed by atoms with Crippen molar-refractivity contribution in [1.82, 2.24) is 19.7 Å².